The lowest BCUT2D eigenvalue weighted by Gasteiger charge is -2.03. The number of nitroso groups, excluding NO2 is 1. The van der Waals surface area contributed by atoms with Crippen LogP contribution in [0.3, 0.4) is 0 Å². The van der Waals surface area contributed by atoms with E-state index in [1.54, 1.807) is 12.1 Å². The molecular formula is C18H29NO. The maximum atomic E-state index is 10.3. The molecule has 2 heteroatoms. The van der Waals surface area contributed by atoms with Crippen molar-refractivity contribution in [3.05, 3.63) is 34.7 Å². The van der Waals surface area contributed by atoms with Gasteiger partial charge >= 0.3 is 0 Å². The molecule has 0 radical (unpaired) electrons. The van der Waals surface area contributed by atoms with Crippen molar-refractivity contribution in [1.29, 1.82) is 0 Å². The van der Waals surface area contributed by atoms with Crippen LogP contribution in [0.15, 0.2) is 29.4 Å². The minimum absolute atomic E-state index is 0.525. The second kappa shape index (κ2) is 11.6. The third kappa shape index (κ3) is 8.08. The second-order valence-electron chi connectivity index (χ2n) is 5.69. The Balaban J connectivity index is 1.92. The van der Waals surface area contributed by atoms with Crippen molar-refractivity contribution in [3.63, 3.8) is 0 Å². The third-order valence-electron chi connectivity index (χ3n) is 3.86. The lowest BCUT2D eigenvalue weighted by atomic mass is 10.0. The normalized spacial score (nSPS) is 10.7. The Labute approximate surface area is 124 Å². The monoisotopic (exact) mass is 275 g/mol. The predicted molar refractivity (Wildman–Crippen MR) is 87.4 cm³/mol. The number of hydrogen-bond donors (Lipinski definition) is 0. The van der Waals surface area contributed by atoms with Crippen molar-refractivity contribution in [2.45, 2.75) is 77.6 Å². The van der Waals surface area contributed by atoms with E-state index in [-0.39, 0.29) is 0 Å². The summed E-state index contributed by atoms with van der Waals surface area (Å²) < 4.78 is 0. The molecule has 0 aromatic heterocycles. The Morgan fingerprint density at radius 2 is 1.25 bits per heavy atom. The van der Waals surface area contributed by atoms with E-state index in [4.69, 9.17) is 0 Å². The number of hydrogen-bond acceptors (Lipinski definition) is 2. The summed E-state index contributed by atoms with van der Waals surface area (Å²) in [5, 5.41) is 2.92. The fourth-order valence-corrected chi connectivity index (χ4v) is 2.54. The zero-order valence-electron chi connectivity index (χ0n) is 12.9. The smallest absolute Gasteiger partial charge is 0.108 e. The van der Waals surface area contributed by atoms with Crippen molar-refractivity contribution in [2.75, 3.05) is 0 Å². The largest absolute Gasteiger partial charge is 0.145 e. The first-order chi connectivity index (χ1) is 9.86. The molecule has 1 rings (SSSR count). The molecule has 112 valence electrons. The first-order valence-electron chi connectivity index (χ1n) is 8.29. The molecule has 0 saturated carbocycles. The van der Waals surface area contributed by atoms with Crippen LogP contribution in [0, 0.1) is 4.91 Å². The molecule has 0 saturated heterocycles. The van der Waals surface area contributed by atoms with Crippen LogP contribution in [0.2, 0.25) is 0 Å². The Kier molecular flexibility index (Phi) is 9.81. The molecule has 0 N–H and O–H groups in total. The lowest BCUT2D eigenvalue weighted by molar-refractivity contribution is 0.556. The van der Waals surface area contributed by atoms with Gasteiger partial charge in [-0.25, -0.2) is 0 Å². The second-order valence-corrected chi connectivity index (χ2v) is 5.69. The molecule has 1 aromatic carbocycles. The average Bonchev–Trinajstić information content (AvgIpc) is 2.50. The van der Waals surface area contributed by atoms with Crippen LogP contribution in [0.4, 0.5) is 5.69 Å². The van der Waals surface area contributed by atoms with Gasteiger partial charge in [-0.15, -0.1) is 4.91 Å². The van der Waals surface area contributed by atoms with Gasteiger partial charge in [0.2, 0.25) is 0 Å². The zero-order valence-corrected chi connectivity index (χ0v) is 12.9. The van der Waals surface area contributed by atoms with E-state index in [0.29, 0.717) is 5.69 Å². The predicted octanol–water partition coefficient (Wildman–Crippen LogP) is 6.55. The first-order valence-corrected chi connectivity index (χ1v) is 8.29. The fraction of sp³-hybridized carbons (Fsp3) is 0.667. The van der Waals surface area contributed by atoms with Gasteiger partial charge in [-0.1, -0.05) is 76.8 Å². The Morgan fingerprint density at radius 3 is 1.75 bits per heavy atom. The van der Waals surface area contributed by atoms with E-state index >= 15 is 0 Å². The van der Waals surface area contributed by atoms with Gasteiger partial charge in [0.05, 0.1) is 0 Å². The molecule has 0 heterocycles. The Hall–Kier alpha value is -1.18. The van der Waals surface area contributed by atoms with Gasteiger partial charge in [-0.3, -0.25) is 0 Å². The van der Waals surface area contributed by atoms with Gasteiger partial charge in [0.1, 0.15) is 5.69 Å². The Morgan fingerprint density at radius 1 is 0.750 bits per heavy atom. The van der Waals surface area contributed by atoms with E-state index in [1.807, 2.05) is 12.1 Å². The summed E-state index contributed by atoms with van der Waals surface area (Å²) >= 11 is 0. The van der Waals surface area contributed by atoms with Crippen molar-refractivity contribution >= 4 is 5.69 Å². The van der Waals surface area contributed by atoms with Crippen LogP contribution in [-0.2, 0) is 6.42 Å². The van der Waals surface area contributed by atoms with Crippen molar-refractivity contribution in [1.82, 2.24) is 0 Å². The van der Waals surface area contributed by atoms with Gasteiger partial charge in [0.15, 0.2) is 0 Å². The highest BCUT2D eigenvalue weighted by molar-refractivity contribution is 5.38. The summed E-state index contributed by atoms with van der Waals surface area (Å²) in [6.45, 7) is 2.27. The molecule has 0 unspecified atom stereocenters. The SMILES string of the molecule is CCCCCCCCCCCCc1ccc(N=O)cc1. The highest BCUT2D eigenvalue weighted by Gasteiger charge is 1.96. The van der Waals surface area contributed by atoms with Crippen LogP contribution < -0.4 is 0 Å². The molecule has 0 aliphatic heterocycles. The summed E-state index contributed by atoms with van der Waals surface area (Å²) in [6.07, 6.45) is 14.9. The molecule has 0 bridgehead atoms. The van der Waals surface area contributed by atoms with Gasteiger partial charge in [0, 0.05) is 0 Å². The van der Waals surface area contributed by atoms with Gasteiger partial charge in [-0.05, 0) is 35.7 Å². The average molecular weight is 275 g/mol. The summed E-state index contributed by atoms with van der Waals surface area (Å²) in [5.41, 5.74) is 1.84. The summed E-state index contributed by atoms with van der Waals surface area (Å²) in [6, 6.07) is 7.65. The molecule has 0 spiro atoms. The molecule has 0 fully saturated rings. The topological polar surface area (TPSA) is 29.4 Å². The van der Waals surface area contributed by atoms with E-state index in [1.165, 1.54) is 69.8 Å². The highest BCUT2D eigenvalue weighted by Crippen LogP contribution is 2.15. The van der Waals surface area contributed by atoms with Crippen molar-refractivity contribution < 1.29 is 0 Å². The maximum absolute atomic E-state index is 10.3. The van der Waals surface area contributed by atoms with Crippen LogP contribution in [0.25, 0.3) is 0 Å². The highest BCUT2D eigenvalue weighted by atomic mass is 16.3. The van der Waals surface area contributed by atoms with Crippen LogP contribution in [0.5, 0.6) is 0 Å². The summed E-state index contributed by atoms with van der Waals surface area (Å²) in [7, 11) is 0. The van der Waals surface area contributed by atoms with Gasteiger partial charge < -0.3 is 0 Å². The quantitative estimate of drug-likeness (QED) is 0.314. The first kappa shape index (κ1) is 16.9. The Bertz CT molecular complexity index is 345. The minimum Gasteiger partial charge on any atom is -0.145 e. The van der Waals surface area contributed by atoms with Crippen LogP contribution in [0.1, 0.15) is 76.7 Å². The molecule has 0 atom stereocenters. The number of unbranched alkanes of at least 4 members (excludes halogenated alkanes) is 9. The van der Waals surface area contributed by atoms with Crippen LogP contribution >= 0.6 is 0 Å². The number of aryl methyl sites for hydroxylation is 1. The maximum Gasteiger partial charge on any atom is 0.108 e. The molecule has 0 aliphatic rings. The zero-order chi connectivity index (χ0) is 14.5. The fourth-order valence-electron chi connectivity index (χ4n) is 2.54. The van der Waals surface area contributed by atoms with E-state index in [9.17, 15) is 4.91 Å². The van der Waals surface area contributed by atoms with E-state index < -0.39 is 0 Å². The number of nitrogens with zero attached hydrogens (tertiary/aromatic N) is 1. The van der Waals surface area contributed by atoms with Crippen molar-refractivity contribution in [3.8, 4) is 0 Å². The molecule has 0 amide bonds. The molecule has 2 nitrogen and oxygen atoms in total. The molecule has 0 aliphatic carbocycles. The standard InChI is InChI=1S/C18H29NO/c1-2-3-4-5-6-7-8-9-10-11-12-17-13-15-18(19-20)16-14-17/h13-16H,2-12H2,1H3. The van der Waals surface area contributed by atoms with E-state index in [2.05, 4.69) is 12.1 Å². The van der Waals surface area contributed by atoms with Gasteiger partial charge in [-0.2, -0.15) is 0 Å². The number of rotatable bonds is 12. The summed E-state index contributed by atoms with van der Waals surface area (Å²) in [5.74, 6) is 0. The summed E-state index contributed by atoms with van der Waals surface area (Å²) in [4.78, 5) is 10.3. The molecular weight excluding hydrogens is 246 g/mol. The minimum atomic E-state index is 0.525. The van der Waals surface area contributed by atoms with Crippen LogP contribution in [-0.4, -0.2) is 0 Å². The number of benzene rings is 1. The molecule has 1 aromatic rings. The molecule has 20 heavy (non-hydrogen) atoms. The lowest BCUT2D eigenvalue weighted by Crippen LogP contribution is -1.86. The van der Waals surface area contributed by atoms with E-state index in [0.717, 1.165) is 6.42 Å². The van der Waals surface area contributed by atoms with Crippen molar-refractivity contribution in [2.24, 2.45) is 5.18 Å². The third-order valence-corrected chi connectivity index (χ3v) is 3.86. The van der Waals surface area contributed by atoms with Gasteiger partial charge in [0.25, 0.3) is 0 Å².